The second kappa shape index (κ2) is 10.8. The van der Waals surface area contributed by atoms with Gasteiger partial charge in [-0.05, 0) is 68.4 Å². The van der Waals surface area contributed by atoms with Gasteiger partial charge in [-0.2, -0.15) is 0 Å². The number of ether oxygens (including phenoxy) is 1. The van der Waals surface area contributed by atoms with Crippen molar-refractivity contribution in [3.63, 3.8) is 0 Å². The average Bonchev–Trinajstić information content (AvgIpc) is 3.27. The number of aryl methyl sites for hydroxylation is 1. The number of aromatic nitrogens is 2. The standard InChI is InChI=1S/C29H31N5O3/c1-3-32(20-28(35)31-23-10-12-24(13-11-23)33-15-17-37-18-16-33)29(36)22-9-14-27-26(19-22)30-21(2)34(27)25-7-5-4-6-8-25/h4-14,19H,3,15-18,20H2,1-2H3,(H,31,35). The zero-order valence-corrected chi connectivity index (χ0v) is 21.2. The Balaban J connectivity index is 1.26. The van der Waals surface area contributed by atoms with E-state index in [-0.39, 0.29) is 18.4 Å². The Labute approximate surface area is 216 Å². The van der Waals surface area contributed by atoms with E-state index < -0.39 is 0 Å². The highest BCUT2D eigenvalue weighted by Crippen LogP contribution is 2.23. The summed E-state index contributed by atoms with van der Waals surface area (Å²) in [4.78, 5) is 34.5. The summed E-state index contributed by atoms with van der Waals surface area (Å²) in [5.74, 6) is 0.408. The molecule has 1 saturated heterocycles. The molecule has 1 fully saturated rings. The van der Waals surface area contributed by atoms with Crippen LogP contribution in [0.15, 0.2) is 72.8 Å². The molecule has 0 unspecified atom stereocenters. The molecule has 2 amide bonds. The minimum absolute atomic E-state index is 0.0317. The van der Waals surface area contributed by atoms with Gasteiger partial charge in [0, 0.05) is 42.3 Å². The molecule has 0 aliphatic carbocycles. The van der Waals surface area contributed by atoms with Gasteiger partial charge < -0.3 is 19.9 Å². The van der Waals surface area contributed by atoms with Crippen molar-refractivity contribution in [3.05, 3.63) is 84.2 Å². The molecule has 0 bridgehead atoms. The average molecular weight is 498 g/mol. The number of amides is 2. The zero-order chi connectivity index (χ0) is 25.8. The third-order valence-corrected chi connectivity index (χ3v) is 6.61. The molecule has 8 heteroatoms. The van der Waals surface area contributed by atoms with Gasteiger partial charge in [-0.15, -0.1) is 0 Å². The largest absolute Gasteiger partial charge is 0.378 e. The lowest BCUT2D eigenvalue weighted by atomic mass is 10.1. The SMILES string of the molecule is CCN(CC(=O)Nc1ccc(N2CCOCC2)cc1)C(=O)c1ccc2c(c1)nc(C)n2-c1ccccc1. The second-order valence-corrected chi connectivity index (χ2v) is 9.05. The van der Waals surface area contributed by atoms with Crippen molar-refractivity contribution in [2.24, 2.45) is 0 Å². The molecule has 4 aromatic rings. The van der Waals surface area contributed by atoms with E-state index in [2.05, 4.69) is 19.8 Å². The van der Waals surface area contributed by atoms with Crippen LogP contribution >= 0.6 is 0 Å². The summed E-state index contributed by atoms with van der Waals surface area (Å²) in [6, 6.07) is 23.3. The summed E-state index contributed by atoms with van der Waals surface area (Å²) in [5.41, 5.74) is 5.01. The number of benzene rings is 3. The minimum atomic E-state index is -0.236. The molecular formula is C29H31N5O3. The summed E-state index contributed by atoms with van der Waals surface area (Å²) in [7, 11) is 0. The van der Waals surface area contributed by atoms with Crippen molar-refractivity contribution in [2.45, 2.75) is 13.8 Å². The van der Waals surface area contributed by atoms with Gasteiger partial charge in [0.2, 0.25) is 5.91 Å². The van der Waals surface area contributed by atoms with E-state index >= 15 is 0 Å². The molecule has 1 aliphatic rings. The molecule has 3 aromatic carbocycles. The van der Waals surface area contributed by atoms with Crippen molar-refractivity contribution in [2.75, 3.05) is 49.6 Å². The van der Waals surface area contributed by atoms with Crippen LogP contribution in [0.1, 0.15) is 23.1 Å². The fourth-order valence-electron chi connectivity index (χ4n) is 4.70. The lowest BCUT2D eigenvalue weighted by Gasteiger charge is -2.29. The molecule has 1 aliphatic heterocycles. The molecular weight excluding hydrogens is 466 g/mol. The van der Waals surface area contributed by atoms with E-state index in [1.165, 1.54) is 0 Å². The number of carbonyl (C=O) groups excluding carboxylic acids is 2. The number of morpholine rings is 1. The van der Waals surface area contributed by atoms with E-state index in [1.807, 2.05) is 74.5 Å². The number of carbonyl (C=O) groups is 2. The fourth-order valence-corrected chi connectivity index (χ4v) is 4.70. The summed E-state index contributed by atoms with van der Waals surface area (Å²) in [5, 5.41) is 2.91. The number of likely N-dealkylation sites (N-methyl/N-ethyl adjacent to an activating group) is 1. The Morgan fingerprint density at radius 3 is 2.41 bits per heavy atom. The maximum atomic E-state index is 13.3. The second-order valence-electron chi connectivity index (χ2n) is 9.05. The van der Waals surface area contributed by atoms with Crippen molar-refractivity contribution in [1.29, 1.82) is 0 Å². The van der Waals surface area contributed by atoms with E-state index in [0.717, 1.165) is 54.5 Å². The van der Waals surface area contributed by atoms with Gasteiger partial charge in [0.25, 0.3) is 5.91 Å². The summed E-state index contributed by atoms with van der Waals surface area (Å²) in [6.45, 7) is 7.36. The number of para-hydroxylation sites is 1. The molecule has 0 spiro atoms. The quantitative estimate of drug-likeness (QED) is 0.413. The normalized spacial score (nSPS) is 13.5. The number of nitrogens with zero attached hydrogens (tertiary/aromatic N) is 4. The Bertz CT molecular complexity index is 1390. The number of hydrogen-bond donors (Lipinski definition) is 1. The summed E-state index contributed by atoms with van der Waals surface area (Å²) >= 11 is 0. The predicted octanol–water partition coefficient (Wildman–Crippen LogP) is 4.27. The Morgan fingerprint density at radius 1 is 0.973 bits per heavy atom. The molecule has 190 valence electrons. The van der Waals surface area contributed by atoms with Crippen LogP contribution in [0.3, 0.4) is 0 Å². The molecule has 0 radical (unpaired) electrons. The topological polar surface area (TPSA) is 79.7 Å². The van der Waals surface area contributed by atoms with Crippen LogP contribution in [0.25, 0.3) is 16.7 Å². The number of rotatable bonds is 7. The van der Waals surface area contributed by atoms with E-state index in [1.54, 1.807) is 17.0 Å². The van der Waals surface area contributed by atoms with Crippen LogP contribution in [0.5, 0.6) is 0 Å². The van der Waals surface area contributed by atoms with Crippen LogP contribution in [-0.4, -0.2) is 65.7 Å². The highest BCUT2D eigenvalue weighted by Gasteiger charge is 2.20. The Hall–Kier alpha value is -4.17. The number of anilines is 2. The van der Waals surface area contributed by atoms with Gasteiger partial charge in [0.15, 0.2) is 0 Å². The number of fused-ring (bicyclic) bond motifs is 1. The number of nitrogens with one attached hydrogen (secondary N) is 1. The highest BCUT2D eigenvalue weighted by atomic mass is 16.5. The van der Waals surface area contributed by atoms with E-state index in [9.17, 15) is 9.59 Å². The maximum Gasteiger partial charge on any atom is 0.254 e. The van der Waals surface area contributed by atoms with Gasteiger partial charge >= 0.3 is 0 Å². The zero-order valence-electron chi connectivity index (χ0n) is 21.2. The third-order valence-electron chi connectivity index (χ3n) is 6.61. The predicted molar refractivity (Wildman–Crippen MR) is 145 cm³/mol. The van der Waals surface area contributed by atoms with Crippen LogP contribution < -0.4 is 10.2 Å². The number of imidazole rings is 1. The maximum absolute atomic E-state index is 13.3. The van der Waals surface area contributed by atoms with Crippen molar-refractivity contribution in [3.8, 4) is 5.69 Å². The molecule has 1 N–H and O–H groups in total. The van der Waals surface area contributed by atoms with Gasteiger partial charge in [0.1, 0.15) is 12.4 Å². The summed E-state index contributed by atoms with van der Waals surface area (Å²) in [6.07, 6.45) is 0. The lowest BCUT2D eigenvalue weighted by Crippen LogP contribution is -2.38. The van der Waals surface area contributed by atoms with Crippen molar-refractivity contribution < 1.29 is 14.3 Å². The molecule has 37 heavy (non-hydrogen) atoms. The third kappa shape index (κ3) is 5.34. The monoisotopic (exact) mass is 497 g/mol. The van der Waals surface area contributed by atoms with Gasteiger partial charge in [0.05, 0.1) is 24.2 Å². The van der Waals surface area contributed by atoms with Crippen LogP contribution in [0, 0.1) is 6.92 Å². The first-order chi connectivity index (χ1) is 18.0. The smallest absolute Gasteiger partial charge is 0.254 e. The minimum Gasteiger partial charge on any atom is -0.378 e. The fraction of sp³-hybridized carbons (Fsp3) is 0.276. The van der Waals surface area contributed by atoms with Crippen molar-refractivity contribution >= 4 is 34.2 Å². The lowest BCUT2D eigenvalue weighted by molar-refractivity contribution is -0.116. The molecule has 8 nitrogen and oxygen atoms in total. The Kier molecular flexibility index (Phi) is 7.18. The van der Waals surface area contributed by atoms with Crippen LogP contribution in [-0.2, 0) is 9.53 Å². The number of hydrogen-bond acceptors (Lipinski definition) is 5. The van der Waals surface area contributed by atoms with Crippen LogP contribution in [0.2, 0.25) is 0 Å². The van der Waals surface area contributed by atoms with Gasteiger partial charge in [-0.1, -0.05) is 18.2 Å². The first kappa shape index (κ1) is 24.5. The first-order valence-electron chi connectivity index (χ1n) is 12.6. The summed E-state index contributed by atoms with van der Waals surface area (Å²) < 4.78 is 7.48. The van der Waals surface area contributed by atoms with E-state index in [4.69, 9.17) is 4.74 Å². The van der Waals surface area contributed by atoms with Crippen LogP contribution in [0.4, 0.5) is 11.4 Å². The van der Waals surface area contributed by atoms with Crippen molar-refractivity contribution in [1.82, 2.24) is 14.5 Å². The molecule has 5 rings (SSSR count). The molecule has 0 atom stereocenters. The molecule has 0 saturated carbocycles. The molecule has 1 aromatic heterocycles. The highest BCUT2D eigenvalue weighted by molar-refractivity contribution is 6.01. The molecule has 2 heterocycles. The van der Waals surface area contributed by atoms with Gasteiger partial charge in [-0.25, -0.2) is 4.98 Å². The first-order valence-corrected chi connectivity index (χ1v) is 12.6. The van der Waals surface area contributed by atoms with E-state index in [0.29, 0.717) is 17.8 Å². The van der Waals surface area contributed by atoms with Gasteiger partial charge in [-0.3, -0.25) is 14.2 Å². The Morgan fingerprint density at radius 2 is 1.70 bits per heavy atom.